The fourth-order valence-corrected chi connectivity index (χ4v) is 7.98. The van der Waals surface area contributed by atoms with Crippen molar-refractivity contribution in [2.24, 2.45) is 11.8 Å². The molecule has 2 heterocycles. The monoisotopic (exact) mass is 534 g/mol. The fraction of sp³-hybridized carbons (Fsp3) is 0.484. The number of aliphatic hydroxyl groups excluding tert-OH is 1. The predicted octanol–water partition coefficient (Wildman–Crippen LogP) is 4.26. The van der Waals surface area contributed by atoms with Crippen molar-refractivity contribution in [3.05, 3.63) is 71.3 Å². The molecule has 0 aromatic heterocycles. The number of aliphatic hydroxyl groups is 1. The van der Waals surface area contributed by atoms with Crippen LogP contribution in [0.2, 0.25) is 0 Å². The van der Waals surface area contributed by atoms with E-state index >= 15 is 0 Å². The van der Waals surface area contributed by atoms with Gasteiger partial charge >= 0.3 is 0 Å². The number of fused-ring (bicyclic) bond motifs is 4. The first-order chi connectivity index (χ1) is 18.3. The van der Waals surface area contributed by atoms with E-state index in [0.29, 0.717) is 30.9 Å². The summed E-state index contributed by atoms with van der Waals surface area (Å²) in [4.78, 5) is 15.6. The van der Waals surface area contributed by atoms with Crippen LogP contribution in [0, 0.1) is 11.8 Å². The van der Waals surface area contributed by atoms with Crippen molar-refractivity contribution in [3.63, 3.8) is 0 Å². The summed E-state index contributed by atoms with van der Waals surface area (Å²) in [6, 6.07) is 14.3. The summed E-state index contributed by atoms with van der Waals surface area (Å²) in [5.74, 6) is 5.09. The molecule has 202 valence electrons. The van der Waals surface area contributed by atoms with Gasteiger partial charge < -0.3 is 14.7 Å². The Balaban J connectivity index is 1.41. The van der Waals surface area contributed by atoms with Gasteiger partial charge in [-0.05, 0) is 92.0 Å². The van der Waals surface area contributed by atoms with Crippen LogP contribution in [0.5, 0.6) is 5.75 Å². The van der Waals surface area contributed by atoms with Crippen LogP contribution in [0.3, 0.4) is 0 Å². The number of ether oxygens (including phenoxy) is 1. The fourth-order valence-electron chi connectivity index (χ4n) is 6.90. The molecule has 1 unspecified atom stereocenters. The normalized spacial score (nSPS) is 34.1. The Labute approximate surface area is 226 Å². The lowest BCUT2D eigenvalue weighted by Crippen LogP contribution is -2.49. The highest BCUT2D eigenvalue weighted by molar-refractivity contribution is 7.99. The zero-order valence-corrected chi connectivity index (χ0v) is 22.8. The van der Waals surface area contributed by atoms with Crippen molar-refractivity contribution in [1.82, 2.24) is 4.72 Å². The molecule has 38 heavy (non-hydrogen) atoms. The van der Waals surface area contributed by atoms with Crippen LogP contribution in [0.4, 0.5) is 5.69 Å². The Hall–Kier alpha value is -2.77. The summed E-state index contributed by atoms with van der Waals surface area (Å²) < 4.78 is 22.2. The molecule has 4 aliphatic rings. The van der Waals surface area contributed by atoms with Crippen LogP contribution in [0.1, 0.15) is 60.0 Å². The number of amides is 1. The van der Waals surface area contributed by atoms with E-state index in [4.69, 9.17) is 4.74 Å². The quantitative estimate of drug-likeness (QED) is 0.390. The van der Waals surface area contributed by atoms with Gasteiger partial charge in [0.2, 0.25) is 0 Å². The smallest absolute Gasteiger partial charge is 0.262 e. The number of hydrogen-bond acceptors (Lipinski definition) is 5. The van der Waals surface area contributed by atoms with Crippen LogP contribution >= 0.6 is 0 Å². The number of carbonyl (C=O) groups is 1. The average molecular weight is 535 g/mol. The molecule has 1 fully saturated rings. The average Bonchev–Trinajstić information content (AvgIpc) is 3.03. The first-order valence-corrected chi connectivity index (χ1v) is 15.8. The van der Waals surface area contributed by atoms with E-state index in [0.717, 1.165) is 56.6 Å². The highest BCUT2D eigenvalue weighted by Gasteiger charge is 2.44. The second-order valence-corrected chi connectivity index (χ2v) is 13.9. The van der Waals surface area contributed by atoms with E-state index in [1.54, 1.807) is 6.07 Å². The molecule has 7 heteroatoms. The van der Waals surface area contributed by atoms with Crippen molar-refractivity contribution in [2.45, 2.75) is 56.5 Å². The molecule has 6 nitrogen and oxygen atoms in total. The topological polar surface area (TPSA) is 78.9 Å². The number of rotatable bonds is 0. The Kier molecular flexibility index (Phi) is 6.77. The molecule has 0 radical (unpaired) electrons. The summed E-state index contributed by atoms with van der Waals surface area (Å²) >= 11 is 0. The maximum atomic E-state index is 13.2. The lowest BCUT2D eigenvalue weighted by Gasteiger charge is -2.45. The van der Waals surface area contributed by atoms with Crippen LogP contribution in [0.25, 0.3) is 0 Å². The number of carbonyl (C=O) groups excluding carboxylic acids is 1. The molecule has 2 aromatic carbocycles. The number of hydrogen-bond donors (Lipinski definition) is 2. The lowest BCUT2D eigenvalue weighted by atomic mass is 9.68. The molecule has 2 aliphatic carbocycles. The van der Waals surface area contributed by atoms with E-state index in [-0.39, 0.29) is 29.1 Å². The van der Waals surface area contributed by atoms with Gasteiger partial charge in [0.1, 0.15) is 5.75 Å². The van der Waals surface area contributed by atoms with Crippen LogP contribution in [-0.2, 0) is 21.5 Å². The molecule has 5 atom stereocenters. The van der Waals surface area contributed by atoms with Gasteiger partial charge in [-0.1, -0.05) is 36.4 Å². The number of aryl methyl sites for hydroxylation is 1. The van der Waals surface area contributed by atoms with E-state index in [1.807, 2.05) is 24.3 Å². The standard InChI is InChI=1S/C31H38N2O4S/c1-38(36)17-6-2-3-11-28(34)25-14-12-24(25)19-33-20-31(16-7-9-22-8-4-5-10-26(22)31)21-37-29-15-13-23(18-27(29)33)30(35)32-38/h2-5,8,10,13,15,18,24-25,28,34H,1,6-7,9,11-12,14,16-17,19-21H2,(H,32,35,36)/b3-2-/t24-,25+,28-,31-,38?/m0/s1. The number of nitrogens with one attached hydrogen (secondary N) is 1. The van der Waals surface area contributed by atoms with Gasteiger partial charge in [-0.15, -0.1) is 0 Å². The Bertz CT molecular complexity index is 1350. The Morgan fingerprint density at radius 3 is 2.87 bits per heavy atom. The molecular formula is C31H38N2O4S. The number of allylic oxidation sites excluding steroid dienone is 1. The largest absolute Gasteiger partial charge is 0.490 e. The van der Waals surface area contributed by atoms with Crippen LogP contribution < -0.4 is 14.4 Å². The molecule has 1 saturated carbocycles. The zero-order valence-electron chi connectivity index (χ0n) is 21.9. The van der Waals surface area contributed by atoms with E-state index < -0.39 is 9.71 Å². The maximum absolute atomic E-state index is 13.2. The predicted molar refractivity (Wildman–Crippen MR) is 153 cm³/mol. The summed E-state index contributed by atoms with van der Waals surface area (Å²) in [7, 11) is -2.79. The molecule has 1 amide bonds. The minimum Gasteiger partial charge on any atom is -0.490 e. The van der Waals surface area contributed by atoms with Gasteiger partial charge in [0.25, 0.3) is 5.91 Å². The molecule has 2 aliphatic heterocycles. The second-order valence-electron chi connectivity index (χ2n) is 11.7. The van der Waals surface area contributed by atoms with Gasteiger partial charge in [-0.3, -0.25) is 9.52 Å². The molecular weight excluding hydrogens is 496 g/mol. The zero-order chi connectivity index (χ0) is 26.3. The summed E-state index contributed by atoms with van der Waals surface area (Å²) in [6.45, 7) is 2.20. The Morgan fingerprint density at radius 1 is 1.16 bits per heavy atom. The first kappa shape index (κ1) is 25.5. The van der Waals surface area contributed by atoms with Gasteiger partial charge in [-0.25, -0.2) is 4.21 Å². The minimum absolute atomic E-state index is 0.140. The van der Waals surface area contributed by atoms with Crippen molar-refractivity contribution < 1.29 is 18.8 Å². The third-order valence-electron chi connectivity index (χ3n) is 9.11. The summed E-state index contributed by atoms with van der Waals surface area (Å²) in [5, 5.41) is 11.0. The molecule has 2 N–H and O–H groups in total. The highest BCUT2D eigenvalue weighted by Crippen LogP contribution is 2.46. The van der Waals surface area contributed by atoms with Crippen molar-refractivity contribution in [3.8, 4) is 5.75 Å². The summed E-state index contributed by atoms with van der Waals surface area (Å²) in [6.07, 6.45) is 10.0. The van der Waals surface area contributed by atoms with Gasteiger partial charge in [-0.2, -0.15) is 0 Å². The SMILES string of the molecule is C=S1(=O)CC/C=C\C[C@H](O)[C@@H]2CC[C@H]2CN2C[C@@]3(CCCc4ccccc43)COc3ccc(cc32)C(=O)N1. The van der Waals surface area contributed by atoms with E-state index in [1.165, 1.54) is 11.1 Å². The van der Waals surface area contributed by atoms with Crippen molar-refractivity contribution in [1.29, 1.82) is 0 Å². The van der Waals surface area contributed by atoms with Crippen LogP contribution in [0.15, 0.2) is 54.6 Å². The first-order valence-electron chi connectivity index (χ1n) is 13.9. The molecule has 1 spiro atoms. The van der Waals surface area contributed by atoms with Gasteiger partial charge in [0.15, 0.2) is 0 Å². The van der Waals surface area contributed by atoms with E-state index in [9.17, 15) is 14.1 Å². The molecule has 6 rings (SSSR count). The third-order valence-corrected chi connectivity index (χ3v) is 10.6. The number of nitrogens with zero attached hydrogens (tertiary/aromatic N) is 1. The highest BCUT2D eigenvalue weighted by atomic mass is 32.2. The Morgan fingerprint density at radius 2 is 2.03 bits per heavy atom. The van der Waals surface area contributed by atoms with Crippen LogP contribution in [-0.4, -0.2) is 52.6 Å². The van der Waals surface area contributed by atoms with Gasteiger partial charge in [0, 0.05) is 39.5 Å². The lowest BCUT2D eigenvalue weighted by molar-refractivity contribution is 0.0177. The number of benzene rings is 2. The molecule has 2 bridgehead atoms. The maximum Gasteiger partial charge on any atom is 0.262 e. The molecule has 2 aromatic rings. The number of anilines is 1. The van der Waals surface area contributed by atoms with Crippen molar-refractivity contribution in [2.75, 3.05) is 30.3 Å². The minimum atomic E-state index is -2.79. The molecule has 0 saturated heterocycles. The third kappa shape index (κ3) is 4.87. The van der Waals surface area contributed by atoms with E-state index in [2.05, 4.69) is 39.8 Å². The van der Waals surface area contributed by atoms with Gasteiger partial charge in [0.05, 0.1) is 18.4 Å². The summed E-state index contributed by atoms with van der Waals surface area (Å²) in [5.41, 5.74) is 3.99. The second kappa shape index (κ2) is 10.1. The van der Waals surface area contributed by atoms with Crippen molar-refractivity contribution >= 4 is 27.2 Å².